The second-order valence-corrected chi connectivity index (χ2v) is 5.95. The summed E-state index contributed by atoms with van der Waals surface area (Å²) in [5.74, 6) is 0.580. The molecule has 0 bridgehead atoms. The van der Waals surface area contributed by atoms with Crippen molar-refractivity contribution in [3.63, 3.8) is 0 Å². The molecule has 0 saturated heterocycles. The average molecular weight is 371 g/mol. The summed E-state index contributed by atoms with van der Waals surface area (Å²) in [5, 5.41) is 13.7. The summed E-state index contributed by atoms with van der Waals surface area (Å²) in [6, 6.07) is 13.1. The van der Waals surface area contributed by atoms with Crippen molar-refractivity contribution in [3.8, 4) is 5.75 Å². The first-order valence-corrected chi connectivity index (χ1v) is 7.79. The number of hydrogen-bond acceptors (Lipinski definition) is 3. The molecule has 0 aliphatic rings. The second-order valence-electron chi connectivity index (χ2n) is 4.69. The molecule has 112 valence electrons. The SMILES string of the molecule is Cc1c(Br)cccc1NCC(O)COc1ccccc1Cl. The Morgan fingerprint density at radius 2 is 2.00 bits per heavy atom. The lowest BCUT2D eigenvalue weighted by Gasteiger charge is -2.16. The molecular weight excluding hydrogens is 354 g/mol. The Balaban J connectivity index is 1.84. The normalized spacial score (nSPS) is 12.0. The lowest BCUT2D eigenvalue weighted by Crippen LogP contribution is -2.26. The molecule has 3 nitrogen and oxygen atoms in total. The molecule has 0 radical (unpaired) electrons. The van der Waals surface area contributed by atoms with Crippen LogP contribution in [0.4, 0.5) is 5.69 Å². The van der Waals surface area contributed by atoms with Crippen LogP contribution >= 0.6 is 27.5 Å². The van der Waals surface area contributed by atoms with E-state index in [2.05, 4.69) is 21.2 Å². The lowest BCUT2D eigenvalue weighted by molar-refractivity contribution is 0.117. The molecule has 2 rings (SSSR count). The molecule has 5 heteroatoms. The zero-order valence-corrected chi connectivity index (χ0v) is 14.0. The Hall–Kier alpha value is -1.23. The highest BCUT2D eigenvalue weighted by molar-refractivity contribution is 9.10. The number of hydrogen-bond donors (Lipinski definition) is 2. The number of nitrogens with one attached hydrogen (secondary N) is 1. The van der Waals surface area contributed by atoms with Gasteiger partial charge in [-0.2, -0.15) is 0 Å². The van der Waals surface area contributed by atoms with Crippen LogP contribution in [0.3, 0.4) is 0 Å². The third-order valence-electron chi connectivity index (χ3n) is 3.06. The van der Waals surface area contributed by atoms with Gasteiger partial charge in [-0.3, -0.25) is 0 Å². The van der Waals surface area contributed by atoms with Gasteiger partial charge < -0.3 is 15.2 Å². The number of aliphatic hydroxyl groups excluding tert-OH is 1. The zero-order chi connectivity index (χ0) is 15.2. The molecular formula is C16H17BrClNO2. The first-order chi connectivity index (χ1) is 10.1. The average Bonchev–Trinajstić information content (AvgIpc) is 2.48. The van der Waals surface area contributed by atoms with E-state index in [1.807, 2.05) is 37.3 Å². The van der Waals surface area contributed by atoms with E-state index in [0.717, 1.165) is 15.7 Å². The third kappa shape index (κ3) is 4.63. The van der Waals surface area contributed by atoms with Gasteiger partial charge in [0.05, 0.1) is 5.02 Å². The second kappa shape index (κ2) is 7.69. The van der Waals surface area contributed by atoms with Crippen molar-refractivity contribution >= 4 is 33.2 Å². The minimum atomic E-state index is -0.625. The summed E-state index contributed by atoms with van der Waals surface area (Å²) in [5.41, 5.74) is 2.10. The minimum Gasteiger partial charge on any atom is -0.489 e. The lowest BCUT2D eigenvalue weighted by atomic mass is 10.2. The highest BCUT2D eigenvalue weighted by atomic mass is 79.9. The summed E-state index contributed by atoms with van der Waals surface area (Å²) in [6.07, 6.45) is -0.625. The van der Waals surface area contributed by atoms with Crippen molar-refractivity contribution in [2.75, 3.05) is 18.5 Å². The largest absolute Gasteiger partial charge is 0.489 e. The maximum Gasteiger partial charge on any atom is 0.138 e. The summed E-state index contributed by atoms with van der Waals surface area (Å²) in [7, 11) is 0. The van der Waals surface area contributed by atoms with Gasteiger partial charge in [-0.25, -0.2) is 0 Å². The molecule has 1 atom stereocenters. The Kier molecular flexibility index (Phi) is 5.91. The summed E-state index contributed by atoms with van der Waals surface area (Å²) in [4.78, 5) is 0. The Morgan fingerprint density at radius 1 is 1.24 bits per heavy atom. The van der Waals surface area contributed by atoms with Crippen LogP contribution in [0.25, 0.3) is 0 Å². The number of halogens is 2. The van der Waals surface area contributed by atoms with Crippen LogP contribution in [0, 0.1) is 6.92 Å². The fourth-order valence-corrected chi connectivity index (χ4v) is 2.39. The van der Waals surface area contributed by atoms with E-state index in [9.17, 15) is 5.11 Å². The van der Waals surface area contributed by atoms with Crippen molar-refractivity contribution in [1.82, 2.24) is 0 Å². The Bertz CT molecular complexity index is 607. The maximum absolute atomic E-state index is 9.98. The summed E-state index contributed by atoms with van der Waals surface area (Å²) in [6.45, 7) is 2.60. The predicted octanol–water partition coefficient (Wildman–Crippen LogP) is 4.26. The molecule has 0 aliphatic heterocycles. The van der Waals surface area contributed by atoms with E-state index in [0.29, 0.717) is 17.3 Å². The fraction of sp³-hybridized carbons (Fsp3) is 0.250. The van der Waals surface area contributed by atoms with Crippen LogP contribution < -0.4 is 10.1 Å². The van der Waals surface area contributed by atoms with E-state index in [1.54, 1.807) is 12.1 Å². The van der Waals surface area contributed by atoms with Crippen molar-refractivity contribution in [2.24, 2.45) is 0 Å². The topological polar surface area (TPSA) is 41.5 Å². The van der Waals surface area contributed by atoms with Crippen molar-refractivity contribution in [1.29, 1.82) is 0 Å². The molecule has 1 unspecified atom stereocenters. The van der Waals surface area contributed by atoms with E-state index in [-0.39, 0.29) is 6.61 Å². The molecule has 21 heavy (non-hydrogen) atoms. The molecule has 0 heterocycles. The molecule has 2 N–H and O–H groups in total. The minimum absolute atomic E-state index is 0.184. The van der Waals surface area contributed by atoms with Crippen LogP contribution in [0.1, 0.15) is 5.56 Å². The monoisotopic (exact) mass is 369 g/mol. The Morgan fingerprint density at radius 3 is 2.76 bits per heavy atom. The van der Waals surface area contributed by atoms with Gasteiger partial charge in [0.1, 0.15) is 18.5 Å². The van der Waals surface area contributed by atoms with Gasteiger partial charge in [0, 0.05) is 16.7 Å². The quantitative estimate of drug-likeness (QED) is 0.798. The molecule has 2 aromatic rings. The highest BCUT2D eigenvalue weighted by Gasteiger charge is 2.08. The standard InChI is InChI=1S/C16H17BrClNO2/c1-11-13(17)5-4-7-15(11)19-9-12(20)10-21-16-8-3-2-6-14(16)18/h2-8,12,19-20H,9-10H2,1H3. The number of benzene rings is 2. The van der Waals surface area contributed by atoms with Crippen LogP contribution in [0.2, 0.25) is 5.02 Å². The summed E-state index contributed by atoms with van der Waals surface area (Å²) < 4.78 is 6.55. The van der Waals surface area contributed by atoms with E-state index >= 15 is 0 Å². The van der Waals surface area contributed by atoms with Crippen molar-refractivity contribution in [2.45, 2.75) is 13.0 Å². The van der Waals surface area contributed by atoms with Gasteiger partial charge in [0.15, 0.2) is 0 Å². The van der Waals surface area contributed by atoms with Crippen LogP contribution in [-0.4, -0.2) is 24.4 Å². The first kappa shape index (κ1) is 16.1. The van der Waals surface area contributed by atoms with Crippen LogP contribution in [0.15, 0.2) is 46.9 Å². The van der Waals surface area contributed by atoms with Gasteiger partial charge in [-0.1, -0.05) is 45.7 Å². The highest BCUT2D eigenvalue weighted by Crippen LogP contribution is 2.24. The van der Waals surface area contributed by atoms with Gasteiger partial charge in [-0.05, 0) is 36.8 Å². The third-order valence-corrected chi connectivity index (χ3v) is 4.24. The van der Waals surface area contributed by atoms with Crippen LogP contribution in [-0.2, 0) is 0 Å². The first-order valence-electron chi connectivity index (χ1n) is 6.62. The molecule has 0 aliphatic carbocycles. The Labute approximate surface area is 138 Å². The van der Waals surface area contributed by atoms with Gasteiger partial charge >= 0.3 is 0 Å². The molecule has 0 spiro atoms. The van der Waals surface area contributed by atoms with E-state index < -0.39 is 6.10 Å². The zero-order valence-electron chi connectivity index (χ0n) is 11.6. The van der Waals surface area contributed by atoms with E-state index in [1.165, 1.54) is 0 Å². The number of anilines is 1. The molecule has 0 amide bonds. The molecule has 0 fully saturated rings. The predicted molar refractivity (Wildman–Crippen MR) is 90.3 cm³/mol. The molecule has 2 aromatic carbocycles. The number of rotatable bonds is 6. The summed E-state index contributed by atoms with van der Waals surface area (Å²) >= 11 is 9.47. The molecule has 0 aromatic heterocycles. The molecule has 0 saturated carbocycles. The van der Waals surface area contributed by atoms with Crippen LogP contribution in [0.5, 0.6) is 5.75 Å². The number of ether oxygens (including phenoxy) is 1. The van der Waals surface area contributed by atoms with Crippen molar-refractivity contribution < 1.29 is 9.84 Å². The smallest absolute Gasteiger partial charge is 0.138 e. The van der Waals surface area contributed by atoms with Gasteiger partial charge in [0.2, 0.25) is 0 Å². The number of para-hydroxylation sites is 1. The fourth-order valence-electron chi connectivity index (χ4n) is 1.83. The van der Waals surface area contributed by atoms with Gasteiger partial charge in [0.25, 0.3) is 0 Å². The van der Waals surface area contributed by atoms with E-state index in [4.69, 9.17) is 16.3 Å². The van der Waals surface area contributed by atoms with Crippen molar-refractivity contribution in [3.05, 3.63) is 57.5 Å². The maximum atomic E-state index is 9.98. The van der Waals surface area contributed by atoms with Gasteiger partial charge in [-0.15, -0.1) is 0 Å². The number of aliphatic hydroxyl groups is 1.